The van der Waals surface area contributed by atoms with Crippen molar-refractivity contribution in [2.45, 2.75) is 36.1 Å². The van der Waals surface area contributed by atoms with Crippen molar-refractivity contribution in [3.05, 3.63) is 47.3 Å². The van der Waals surface area contributed by atoms with E-state index in [4.69, 9.17) is 0 Å². The predicted molar refractivity (Wildman–Crippen MR) is 95.7 cm³/mol. The van der Waals surface area contributed by atoms with E-state index in [1.54, 1.807) is 0 Å². The summed E-state index contributed by atoms with van der Waals surface area (Å²) in [6, 6.07) is 3.61. The molecule has 0 aliphatic heterocycles. The number of carbonyl (C=O) groups is 1. The highest BCUT2D eigenvalue weighted by Gasteiger charge is 2.38. The molecule has 1 aliphatic rings. The molecule has 31 heavy (non-hydrogen) atoms. The second-order valence-electron chi connectivity index (χ2n) is 7.35. The van der Waals surface area contributed by atoms with Gasteiger partial charge in [0, 0.05) is 19.2 Å². The molecule has 0 saturated heterocycles. The summed E-state index contributed by atoms with van der Waals surface area (Å²) in [5.41, 5.74) is -2.58. The number of sulfone groups is 1. The van der Waals surface area contributed by atoms with Crippen molar-refractivity contribution in [3.8, 4) is 0 Å². The first-order valence-corrected chi connectivity index (χ1v) is 10.6. The van der Waals surface area contributed by atoms with Gasteiger partial charge in [-0.3, -0.25) is 9.48 Å². The summed E-state index contributed by atoms with van der Waals surface area (Å²) < 4.78 is 102. The van der Waals surface area contributed by atoms with Crippen LogP contribution in [-0.2, 0) is 29.2 Å². The summed E-state index contributed by atoms with van der Waals surface area (Å²) >= 11 is 0. The highest BCUT2D eigenvalue weighted by atomic mass is 32.2. The smallest absolute Gasteiger partial charge is 0.348 e. The van der Waals surface area contributed by atoms with Crippen LogP contribution in [0.25, 0.3) is 0 Å². The predicted octanol–water partition coefficient (Wildman–Crippen LogP) is 3.44. The third-order valence-corrected chi connectivity index (χ3v) is 6.83. The average Bonchev–Trinajstić information content (AvgIpc) is 3.01. The minimum absolute atomic E-state index is 0.230. The summed E-state index contributed by atoms with van der Waals surface area (Å²) in [6.45, 7) is 0. The number of nitrogens with one attached hydrogen (secondary N) is 1. The van der Waals surface area contributed by atoms with Gasteiger partial charge in [0.05, 0.1) is 16.2 Å². The molecule has 0 unspecified atom stereocenters. The first-order chi connectivity index (χ1) is 14.2. The molecule has 13 heteroatoms. The normalized spacial score (nSPS) is 19.7. The molecule has 2 aromatic rings. The molecule has 0 spiro atoms. The molecule has 1 aromatic carbocycles. The number of hydrogen-bond donors (Lipinski definition) is 1. The highest BCUT2D eigenvalue weighted by Crippen LogP contribution is 2.34. The van der Waals surface area contributed by atoms with Crippen molar-refractivity contribution in [2.75, 3.05) is 5.75 Å². The Morgan fingerprint density at radius 3 is 2.32 bits per heavy atom. The lowest BCUT2D eigenvalue weighted by Crippen LogP contribution is -2.46. The molecule has 1 amide bonds. The molecule has 1 fully saturated rings. The average molecular weight is 469 g/mol. The van der Waals surface area contributed by atoms with Crippen LogP contribution in [0.15, 0.2) is 35.2 Å². The Morgan fingerprint density at radius 2 is 1.77 bits per heavy atom. The number of carbonyl (C=O) groups excluding carboxylic acids is 1. The number of amides is 1. The Bertz CT molecular complexity index is 1090. The van der Waals surface area contributed by atoms with Crippen LogP contribution in [0.2, 0.25) is 0 Å². The van der Waals surface area contributed by atoms with Crippen LogP contribution >= 0.6 is 0 Å². The van der Waals surface area contributed by atoms with Crippen LogP contribution in [0.5, 0.6) is 0 Å². The lowest BCUT2D eigenvalue weighted by Gasteiger charge is -2.35. The molecule has 0 radical (unpaired) electrons. The zero-order chi connectivity index (χ0) is 23.2. The van der Waals surface area contributed by atoms with E-state index in [1.165, 1.54) is 7.05 Å². The van der Waals surface area contributed by atoms with Gasteiger partial charge in [0.2, 0.25) is 0 Å². The van der Waals surface area contributed by atoms with Crippen LogP contribution in [0, 0.1) is 5.92 Å². The molecule has 1 aliphatic carbocycles. The number of aromatic nitrogens is 2. The largest absolute Gasteiger partial charge is 0.435 e. The minimum Gasteiger partial charge on any atom is -0.348 e. The molecule has 6 nitrogen and oxygen atoms in total. The van der Waals surface area contributed by atoms with Gasteiger partial charge in [-0.25, -0.2) is 8.42 Å². The maximum atomic E-state index is 12.8. The Balaban J connectivity index is 1.58. The van der Waals surface area contributed by atoms with Crippen molar-refractivity contribution in [3.63, 3.8) is 0 Å². The molecular formula is C18H17F6N3O3S. The summed E-state index contributed by atoms with van der Waals surface area (Å²) in [7, 11) is -2.79. The van der Waals surface area contributed by atoms with Crippen molar-refractivity contribution in [1.29, 1.82) is 0 Å². The Hall–Kier alpha value is -2.57. The van der Waals surface area contributed by atoms with Crippen LogP contribution in [-0.4, -0.2) is 35.9 Å². The van der Waals surface area contributed by atoms with Crippen molar-refractivity contribution >= 4 is 15.7 Å². The highest BCUT2D eigenvalue weighted by molar-refractivity contribution is 7.91. The summed E-state index contributed by atoms with van der Waals surface area (Å²) in [6.07, 6.45) is -8.91. The number of aryl methyl sites for hydroxylation is 1. The van der Waals surface area contributed by atoms with E-state index >= 15 is 0 Å². The molecule has 3 rings (SSSR count). The van der Waals surface area contributed by atoms with Gasteiger partial charge >= 0.3 is 12.4 Å². The number of nitrogens with zero attached hydrogens (tertiary/aromatic N) is 2. The van der Waals surface area contributed by atoms with Crippen molar-refractivity contribution in [1.82, 2.24) is 15.1 Å². The van der Waals surface area contributed by atoms with Gasteiger partial charge in [-0.1, -0.05) is 6.07 Å². The summed E-state index contributed by atoms with van der Waals surface area (Å²) in [5, 5.41) is 5.76. The topological polar surface area (TPSA) is 81.1 Å². The van der Waals surface area contributed by atoms with Crippen LogP contribution in [0.1, 0.15) is 34.6 Å². The first kappa shape index (κ1) is 23.1. The van der Waals surface area contributed by atoms with Gasteiger partial charge in [0.1, 0.15) is 5.69 Å². The second-order valence-corrected chi connectivity index (χ2v) is 9.39. The third kappa shape index (κ3) is 5.20. The monoisotopic (exact) mass is 469 g/mol. The molecule has 1 heterocycles. The molecule has 1 N–H and O–H groups in total. The maximum Gasteiger partial charge on any atom is 0.435 e. The number of halogens is 6. The van der Waals surface area contributed by atoms with Gasteiger partial charge in [0.25, 0.3) is 5.91 Å². The fourth-order valence-electron chi connectivity index (χ4n) is 3.34. The van der Waals surface area contributed by atoms with E-state index in [0.29, 0.717) is 12.1 Å². The molecular weight excluding hydrogens is 452 g/mol. The van der Waals surface area contributed by atoms with E-state index in [0.717, 1.165) is 22.9 Å². The van der Waals surface area contributed by atoms with Gasteiger partial charge in [-0.15, -0.1) is 0 Å². The van der Waals surface area contributed by atoms with Gasteiger partial charge in [-0.05, 0) is 37.0 Å². The van der Waals surface area contributed by atoms with E-state index in [2.05, 4.69) is 10.4 Å². The number of alkyl halides is 6. The molecule has 0 bridgehead atoms. The first-order valence-electron chi connectivity index (χ1n) is 8.99. The van der Waals surface area contributed by atoms with Crippen LogP contribution in [0.4, 0.5) is 26.3 Å². The minimum atomic E-state index is -4.70. The second kappa shape index (κ2) is 7.84. The molecule has 0 atom stereocenters. The lowest BCUT2D eigenvalue weighted by molar-refractivity contribution is -0.141. The van der Waals surface area contributed by atoms with Gasteiger partial charge < -0.3 is 5.32 Å². The Kier molecular flexibility index (Phi) is 5.84. The number of hydrogen-bond acceptors (Lipinski definition) is 4. The molecule has 1 aromatic heterocycles. The van der Waals surface area contributed by atoms with E-state index < -0.39 is 62.0 Å². The van der Waals surface area contributed by atoms with Crippen molar-refractivity contribution < 1.29 is 39.6 Å². The zero-order valence-corrected chi connectivity index (χ0v) is 16.8. The summed E-state index contributed by atoms with van der Waals surface area (Å²) in [4.78, 5) is 11.7. The van der Waals surface area contributed by atoms with E-state index in [9.17, 15) is 39.6 Å². The standard InChI is InChI=1S/C18H17F6N3O3S/c1-27-14(8-15(26-27)18(22,23)24)16(28)25-12-5-10(6-12)9-31(29,30)13-4-2-3-11(7-13)17(19,20)21/h2-4,7-8,10,12H,5-6,9H2,1H3,(H,25,28)/t10-,12-. The maximum absolute atomic E-state index is 12.8. The Morgan fingerprint density at radius 1 is 1.13 bits per heavy atom. The zero-order valence-electron chi connectivity index (χ0n) is 16.0. The molecule has 170 valence electrons. The van der Waals surface area contributed by atoms with E-state index in [-0.39, 0.29) is 18.5 Å². The fraction of sp³-hybridized carbons (Fsp3) is 0.444. The van der Waals surface area contributed by atoms with E-state index in [1.807, 2.05) is 0 Å². The summed E-state index contributed by atoms with van der Waals surface area (Å²) in [5.74, 6) is -1.58. The lowest BCUT2D eigenvalue weighted by atomic mass is 9.81. The van der Waals surface area contributed by atoms with Crippen LogP contribution < -0.4 is 5.32 Å². The van der Waals surface area contributed by atoms with Gasteiger partial charge in [-0.2, -0.15) is 31.4 Å². The van der Waals surface area contributed by atoms with Crippen molar-refractivity contribution in [2.24, 2.45) is 13.0 Å². The fourth-order valence-corrected chi connectivity index (χ4v) is 5.02. The molecule has 1 saturated carbocycles. The third-order valence-electron chi connectivity index (χ3n) is 4.95. The SMILES string of the molecule is Cn1nc(C(F)(F)F)cc1C(=O)N[C@H]1C[C@H](CS(=O)(=O)c2cccc(C(F)(F)F)c2)C1. The Labute approximate surface area is 173 Å². The number of benzene rings is 1. The van der Waals surface area contributed by atoms with Crippen LogP contribution in [0.3, 0.4) is 0 Å². The van der Waals surface area contributed by atoms with Gasteiger partial charge in [0.15, 0.2) is 15.5 Å². The number of rotatable bonds is 5. The quantitative estimate of drug-likeness (QED) is 0.681.